The number of rotatable bonds is 6. The predicted molar refractivity (Wildman–Crippen MR) is 100 cm³/mol. The first-order valence-corrected chi connectivity index (χ1v) is 10.2. The second kappa shape index (κ2) is 8.56. The van der Waals surface area contributed by atoms with Crippen molar-refractivity contribution < 1.29 is 19.1 Å². The minimum atomic E-state index is -0.788. The molecule has 2 N–H and O–H groups in total. The van der Waals surface area contributed by atoms with Gasteiger partial charge in [0.05, 0.1) is 13.2 Å². The zero-order chi connectivity index (χ0) is 19.4. The van der Waals surface area contributed by atoms with Gasteiger partial charge in [-0.05, 0) is 38.5 Å². The summed E-state index contributed by atoms with van der Waals surface area (Å²) >= 11 is 0. The molecule has 1 aliphatic carbocycles. The summed E-state index contributed by atoms with van der Waals surface area (Å²) in [5.41, 5.74) is -0.788. The van der Waals surface area contributed by atoms with Gasteiger partial charge in [-0.25, -0.2) is 4.79 Å². The lowest BCUT2D eigenvalue weighted by Crippen LogP contribution is -2.50. The third-order valence-corrected chi connectivity index (χ3v) is 6.35. The number of nitrogens with one attached hydrogen (secondary N) is 2. The lowest BCUT2D eigenvalue weighted by atomic mass is 9.75. The van der Waals surface area contributed by atoms with Crippen molar-refractivity contribution >= 4 is 17.8 Å². The molecular formula is C19H32N4O4. The van der Waals surface area contributed by atoms with Gasteiger partial charge in [-0.3, -0.25) is 19.4 Å². The van der Waals surface area contributed by atoms with Crippen molar-refractivity contribution in [2.75, 3.05) is 39.4 Å². The first-order chi connectivity index (χ1) is 12.9. The van der Waals surface area contributed by atoms with E-state index in [1.54, 1.807) is 0 Å². The number of carbonyl (C=O) groups excluding carboxylic acids is 3. The summed E-state index contributed by atoms with van der Waals surface area (Å²) in [4.78, 5) is 40.8. The first-order valence-electron chi connectivity index (χ1n) is 10.2. The number of morpholine rings is 1. The Hall–Kier alpha value is -1.67. The van der Waals surface area contributed by atoms with E-state index in [2.05, 4.69) is 29.4 Å². The van der Waals surface area contributed by atoms with Crippen molar-refractivity contribution in [1.29, 1.82) is 0 Å². The Kier molecular flexibility index (Phi) is 6.37. The van der Waals surface area contributed by atoms with E-state index in [4.69, 9.17) is 4.74 Å². The van der Waals surface area contributed by atoms with Gasteiger partial charge in [0, 0.05) is 25.7 Å². The topological polar surface area (TPSA) is 91.0 Å². The SMILES string of the molecule is CCC1CCC2(CC1)NC(=O)N(CC(=O)NCC(C)N1CCOCC1)C2=O. The van der Waals surface area contributed by atoms with Gasteiger partial charge in [0.25, 0.3) is 5.91 Å². The van der Waals surface area contributed by atoms with Crippen LogP contribution in [0.1, 0.15) is 46.0 Å². The highest BCUT2D eigenvalue weighted by molar-refractivity contribution is 6.09. The van der Waals surface area contributed by atoms with Crippen molar-refractivity contribution in [3.05, 3.63) is 0 Å². The van der Waals surface area contributed by atoms with Crippen molar-refractivity contribution in [3.63, 3.8) is 0 Å². The van der Waals surface area contributed by atoms with E-state index < -0.39 is 11.6 Å². The normalized spacial score (nSPS) is 30.4. The molecule has 8 heteroatoms. The molecule has 0 radical (unpaired) electrons. The molecule has 0 aromatic carbocycles. The molecule has 27 heavy (non-hydrogen) atoms. The highest BCUT2D eigenvalue weighted by Gasteiger charge is 2.52. The van der Waals surface area contributed by atoms with Crippen LogP contribution >= 0.6 is 0 Å². The third kappa shape index (κ3) is 4.43. The smallest absolute Gasteiger partial charge is 0.325 e. The Morgan fingerprint density at radius 1 is 1.30 bits per heavy atom. The molecule has 0 aromatic heterocycles. The number of hydrogen-bond acceptors (Lipinski definition) is 5. The third-order valence-electron chi connectivity index (χ3n) is 6.35. The fraction of sp³-hybridized carbons (Fsp3) is 0.842. The van der Waals surface area contributed by atoms with Crippen LogP contribution in [-0.2, 0) is 14.3 Å². The average molecular weight is 380 g/mol. The molecular weight excluding hydrogens is 348 g/mol. The highest BCUT2D eigenvalue weighted by atomic mass is 16.5. The summed E-state index contributed by atoms with van der Waals surface area (Å²) < 4.78 is 5.34. The highest BCUT2D eigenvalue weighted by Crippen LogP contribution is 2.37. The average Bonchev–Trinajstić information content (AvgIpc) is 2.91. The van der Waals surface area contributed by atoms with Gasteiger partial charge in [0.1, 0.15) is 12.1 Å². The van der Waals surface area contributed by atoms with Gasteiger partial charge in [-0.1, -0.05) is 13.3 Å². The summed E-state index contributed by atoms with van der Waals surface area (Å²) in [6, 6.07) is -0.247. The van der Waals surface area contributed by atoms with Crippen LogP contribution in [0.4, 0.5) is 4.79 Å². The van der Waals surface area contributed by atoms with Gasteiger partial charge in [0.15, 0.2) is 0 Å². The van der Waals surface area contributed by atoms with E-state index in [1.165, 1.54) is 0 Å². The van der Waals surface area contributed by atoms with E-state index in [-0.39, 0.29) is 24.4 Å². The van der Waals surface area contributed by atoms with Crippen molar-refractivity contribution in [2.24, 2.45) is 5.92 Å². The molecule has 3 aliphatic rings. The number of nitrogens with zero attached hydrogens (tertiary/aromatic N) is 2. The first kappa shape index (κ1) is 20.1. The molecule has 4 amide bonds. The predicted octanol–water partition coefficient (Wildman–Crippen LogP) is 0.714. The summed E-state index contributed by atoms with van der Waals surface area (Å²) in [7, 11) is 0. The van der Waals surface area contributed by atoms with Gasteiger partial charge in [-0.2, -0.15) is 0 Å². The summed E-state index contributed by atoms with van der Waals surface area (Å²) in [5, 5.41) is 5.73. The zero-order valence-electron chi connectivity index (χ0n) is 16.5. The van der Waals surface area contributed by atoms with Gasteiger partial charge >= 0.3 is 6.03 Å². The molecule has 152 valence electrons. The minimum Gasteiger partial charge on any atom is -0.379 e. The fourth-order valence-corrected chi connectivity index (χ4v) is 4.35. The Morgan fingerprint density at radius 2 is 1.96 bits per heavy atom. The van der Waals surface area contributed by atoms with E-state index >= 15 is 0 Å². The molecule has 1 spiro atoms. The van der Waals surface area contributed by atoms with Crippen LogP contribution in [0.25, 0.3) is 0 Å². The standard InChI is InChI=1S/C19H32N4O4/c1-3-15-4-6-19(7-5-15)17(25)23(18(26)21-19)13-16(24)20-12-14(2)22-8-10-27-11-9-22/h14-15H,3-13H2,1-2H3,(H,20,24)(H,21,26). The van der Waals surface area contributed by atoms with E-state index in [0.29, 0.717) is 38.5 Å². The fourth-order valence-electron chi connectivity index (χ4n) is 4.35. The maximum atomic E-state index is 12.8. The molecule has 1 unspecified atom stereocenters. The number of ether oxygens (including phenoxy) is 1. The van der Waals surface area contributed by atoms with Crippen LogP contribution in [0.3, 0.4) is 0 Å². The summed E-state index contributed by atoms with van der Waals surface area (Å²) in [6.45, 7) is 7.62. The van der Waals surface area contributed by atoms with Crippen molar-refractivity contribution in [3.8, 4) is 0 Å². The minimum absolute atomic E-state index is 0.191. The van der Waals surface area contributed by atoms with Gasteiger partial charge in [-0.15, -0.1) is 0 Å². The molecule has 1 atom stereocenters. The van der Waals surface area contributed by atoms with Crippen LogP contribution in [0.2, 0.25) is 0 Å². The summed E-state index contributed by atoms with van der Waals surface area (Å²) in [6.07, 6.45) is 4.33. The number of amides is 4. The quantitative estimate of drug-likeness (QED) is 0.663. The zero-order valence-corrected chi connectivity index (χ0v) is 16.5. The number of carbonyl (C=O) groups is 3. The molecule has 3 fully saturated rings. The van der Waals surface area contributed by atoms with Crippen molar-refractivity contribution in [2.45, 2.75) is 57.5 Å². The van der Waals surface area contributed by atoms with E-state index in [1.807, 2.05) is 0 Å². The Morgan fingerprint density at radius 3 is 2.59 bits per heavy atom. The molecule has 0 bridgehead atoms. The molecule has 0 aromatic rings. The van der Waals surface area contributed by atoms with Crippen LogP contribution in [-0.4, -0.2) is 78.6 Å². The molecule has 3 rings (SSSR count). The van der Waals surface area contributed by atoms with E-state index in [0.717, 1.165) is 37.3 Å². The molecule has 2 aliphatic heterocycles. The second-order valence-electron chi connectivity index (χ2n) is 8.06. The van der Waals surface area contributed by atoms with E-state index in [9.17, 15) is 14.4 Å². The maximum Gasteiger partial charge on any atom is 0.325 e. The lowest BCUT2D eigenvalue weighted by molar-refractivity contribution is -0.136. The summed E-state index contributed by atoms with van der Waals surface area (Å²) in [5.74, 6) is 0.0932. The largest absolute Gasteiger partial charge is 0.379 e. The lowest BCUT2D eigenvalue weighted by Gasteiger charge is -2.34. The molecule has 8 nitrogen and oxygen atoms in total. The van der Waals surface area contributed by atoms with Crippen LogP contribution < -0.4 is 10.6 Å². The Bertz CT molecular complexity index is 568. The molecule has 1 saturated carbocycles. The van der Waals surface area contributed by atoms with Gasteiger partial charge in [0.2, 0.25) is 5.91 Å². The van der Waals surface area contributed by atoms with Crippen LogP contribution in [0.15, 0.2) is 0 Å². The maximum absolute atomic E-state index is 12.8. The number of hydrogen-bond donors (Lipinski definition) is 2. The number of imide groups is 1. The Balaban J connectivity index is 1.49. The Labute approximate surface area is 161 Å². The van der Waals surface area contributed by atoms with Crippen LogP contribution in [0, 0.1) is 5.92 Å². The molecule has 2 saturated heterocycles. The number of urea groups is 1. The monoisotopic (exact) mass is 380 g/mol. The molecule has 2 heterocycles. The van der Waals surface area contributed by atoms with Crippen molar-refractivity contribution in [1.82, 2.24) is 20.4 Å². The van der Waals surface area contributed by atoms with Gasteiger partial charge < -0.3 is 15.4 Å². The van der Waals surface area contributed by atoms with Crippen LogP contribution in [0.5, 0.6) is 0 Å². The second-order valence-corrected chi connectivity index (χ2v) is 8.06.